The maximum atomic E-state index is 6.16. The van der Waals surface area contributed by atoms with Gasteiger partial charge >= 0.3 is 0 Å². The Balaban J connectivity index is 1.74. The lowest BCUT2D eigenvalue weighted by atomic mass is 10.2. The predicted molar refractivity (Wildman–Crippen MR) is 85.6 cm³/mol. The third-order valence-electron chi connectivity index (χ3n) is 3.13. The molecule has 0 saturated carbocycles. The molecular weight excluding hydrogens is 304 g/mol. The highest BCUT2D eigenvalue weighted by Crippen LogP contribution is 2.24. The van der Waals surface area contributed by atoms with Crippen LogP contribution in [-0.4, -0.2) is 20.0 Å². The van der Waals surface area contributed by atoms with Gasteiger partial charge in [0, 0.05) is 10.9 Å². The molecule has 0 radical (unpaired) electrons. The van der Waals surface area contributed by atoms with E-state index in [2.05, 4.69) is 32.8 Å². The minimum absolute atomic E-state index is 0.0749. The first-order chi connectivity index (χ1) is 10.3. The summed E-state index contributed by atoms with van der Waals surface area (Å²) in [6.45, 7) is 2.65. The molecule has 0 spiro atoms. The van der Waals surface area contributed by atoms with Gasteiger partial charge in [0.15, 0.2) is 0 Å². The van der Waals surface area contributed by atoms with E-state index in [0.29, 0.717) is 6.54 Å². The van der Waals surface area contributed by atoms with Crippen LogP contribution in [0.5, 0.6) is 0 Å². The standard InChI is InChI=1S/C15H15ClN4S/c1-2-13(16)14-9-20(19-18-14)8-12-10-21-15(17-12)11-6-4-3-5-7-11/h3-7,9-10,13H,2,8H2,1H3. The molecule has 1 aromatic carbocycles. The number of hydrogen-bond acceptors (Lipinski definition) is 4. The second-order valence-corrected chi connectivity index (χ2v) is 6.11. The van der Waals surface area contributed by atoms with Gasteiger partial charge in [-0.05, 0) is 6.42 Å². The van der Waals surface area contributed by atoms with Gasteiger partial charge < -0.3 is 0 Å². The van der Waals surface area contributed by atoms with E-state index in [-0.39, 0.29) is 5.38 Å². The van der Waals surface area contributed by atoms with Crippen molar-refractivity contribution in [2.75, 3.05) is 0 Å². The summed E-state index contributed by atoms with van der Waals surface area (Å²) in [5.74, 6) is 0. The van der Waals surface area contributed by atoms with Gasteiger partial charge in [-0.25, -0.2) is 9.67 Å². The minimum atomic E-state index is -0.0749. The Bertz CT molecular complexity index is 707. The van der Waals surface area contributed by atoms with Crippen molar-refractivity contribution in [3.05, 3.63) is 53.3 Å². The van der Waals surface area contributed by atoms with E-state index in [0.717, 1.165) is 28.4 Å². The summed E-state index contributed by atoms with van der Waals surface area (Å²) >= 11 is 7.80. The molecule has 2 aromatic heterocycles. The molecule has 21 heavy (non-hydrogen) atoms. The first-order valence-electron chi connectivity index (χ1n) is 6.80. The summed E-state index contributed by atoms with van der Waals surface area (Å²) in [6, 6.07) is 10.2. The van der Waals surface area contributed by atoms with E-state index in [4.69, 9.17) is 11.6 Å². The molecule has 0 amide bonds. The number of alkyl halides is 1. The molecule has 1 atom stereocenters. The van der Waals surface area contributed by atoms with Gasteiger partial charge in [-0.2, -0.15) is 0 Å². The SMILES string of the molecule is CCC(Cl)c1cn(Cc2csc(-c3ccccc3)n2)nn1. The Morgan fingerprint density at radius 2 is 2.10 bits per heavy atom. The summed E-state index contributed by atoms with van der Waals surface area (Å²) in [5.41, 5.74) is 2.94. The van der Waals surface area contributed by atoms with Crippen molar-refractivity contribution in [3.63, 3.8) is 0 Å². The summed E-state index contributed by atoms with van der Waals surface area (Å²) < 4.78 is 1.78. The van der Waals surface area contributed by atoms with E-state index in [1.54, 1.807) is 16.0 Å². The van der Waals surface area contributed by atoms with Crippen LogP contribution in [-0.2, 0) is 6.54 Å². The lowest BCUT2D eigenvalue weighted by Crippen LogP contribution is -2.00. The third kappa shape index (κ3) is 3.31. The highest BCUT2D eigenvalue weighted by molar-refractivity contribution is 7.13. The molecule has 3 aromatic rings. The van der Waals surface area contributed by atoms with E-state index < -0.39 is 0 Å². The number of rotatable bonds is 5. The molecule has 0 fully saturated rings. The van der Waals surface area contributed by atoms with Crippen molar-refractivity contribution in [3.8, 4) is 10.6 Å². The highest BCUT2D eigenvalue weighted by Gasteiger charge is 2.11. The van der Waals surface area contributed by atoms with Gasteiger partial charge in [-0.3, -0.25) is 0 Å². The van der Waals surface area contributed by atoms with Crippen LogP contribution in [0, 0.1) is 0 Å². The molecule has 0 aliphatic rings. The lowest BCUT2D eigenvalue weighted by molar-refractivity contribution is 0.640. The maximum Gasteiger partial charge on any atom is 0.123 e. The smallest absolute Gasteiger partial charge is 0.123 e. The second kappa shape index (κ2) is 6.37. The average Bonchev–Trinajstić information content (AvgIpc) is 3.17. The number of aromatic nitrogens is 4. The summed E-state index contributed by atoms with van der Waals surface area (Å²) in [7, 11) is 0. The zero-order chi connectivity index (χ0) is 14.7. The molecule has 4 nitrogen and oxygen atoms in total. The van der Waals surface area contributed by atoms with Crippen LogP contribution < -0.4 is 0 Å². The Hall–Kier alpha value is -1.72. The van der Waals surface area contributed by atoms with Crippen LogP contribution in [0.1, 0.15) is 30.1 Å². The lowest BCUT2D eigenvalue weighted by Gasteiger charge is -1.99. The van der Waals surface area contributed by atoms with E-state index >= 15 is 0 Å². The van der Waals surface area contributed by atoms with E-state index in [1.165, 1.54) is 0 Å². The van der Waals surface area contributed by atoms with Gasteiger partial charge in [0.1, 0.15) is 10.7 Å². The molecule has 1 unspecified atom stereocenters. The van der Waals surface area contributed by atoms with Crippen molar-refractivity contribution < 1.29 is 0 Å². The number of thiazole rings is 1. The van der Waals surface area contributed by atoms with Gasteiger partial charge in [0.05, 0.1) is 23.8 Å². The zero-order valence-corrected chi connectivity index (χ0v) is 13.2. The first kappa shape index (κ1) is 14.2. The summed E-state index contributed by atoms with van der Waals surface area (Å²) in [6.07, 6.45) is 2.73. The van der Waals surface area contributed by atoms with Gasteiger partial charge in [-0.1, -0.05) is 42.5 Å². The average molecular weight is 319 g/mol. The Morgan fingerprint density at radius 3 is 2.86 bits per heavy atom. The molecule has 0 bridgehead atoms. The van der Waals surface area contributed by atoms with Gasteiger partial charge in [-0.15, -0.1) is 28.0 Å². The van der Waals surface area contributed by atoms with E-state index in [9.17, 15) is 0 Å². The second-order valence-electron chi connectivity index (χ2n) is 4.73. The number of halogens is 1. The summed E-state index contributed by atoms with van der Waals surface area (Å²) in [4.78, 5) is 4.65. The molecule has 3 rings (SSSR count). The largest absolute Gasteiger partial charge is 0.246 e. The predicted octanol–water partition coefficient (Wildman–Crippen LogP) is 4.14. The molecule has 0 saturated heterocycles. The monoisotopic (exact) mass is 318 g/mol. The van der Waals surface area contributed by atoms with Crippen LogP contribution in [0.2, 0.25) is 0 Å². The molecule has 2 heterocycles. The van der Waals surface area contributed by atoms with Crippen molar-refractivity contribution >= 4 is 22.9 Å². The number of nitrogens with zero attached hydrogens (tertiary/aromatic N) is 4. The van der Waals surface area contributed by atoms with Crippen molar-refractivity contribution in [2.45, 2.75) is 25.3 Å². The fraction of sp³-hybridized carbons (Fsp3) is 0.267. The van der Waals surface area contributed by atoms with Gasteiger partial charge in [0.2, 0.25) is 0 Å². The topological polar surface area (TPSA) is 43.6 Å². The van der Waals surface area contributed by atoms with Crippen LogP contribution in [0.4, 0.5) is 0 Å². The molecule has 6 heteroatoms. The fourth-order valence-electron chi connectivity index (χ4n) is 2.00. The molecule has 0 aliphatic carbocycles. The number of hydrogen-bond donors (Lipinski definition) is 0. The zero-order valence-electron chi connectivity index (χ0n) is 11.6. The quantitative estimate of drug-likeness (QED) is 0.664. The Morgan fingerprint density at radius 1 is 1.29 bits per heavy atom. The third-order valence-corrected chi connectivity index (χ3v) is 4.60. The van der Waals surface area contributed by atoms with Crippen molar-refractivity contribution in [2.24, 2.45) is 0 Å². The van der Waals surface area contributed by atoms with Crippen LogP contribution in [0.25, 0.3) is 10.6 Å². The van der Waals surface area contributed by atoms with Crippen LogP contribution in [0.3, 0.4) is 0 Å². The van der Waals surface area contributed by atoms with Crippen molar-refractivity contribution in [1.29, 1.82) is 0 Å². The van der Waals surface area contributed by atoms with Crippen LogP contribution in [0.15, 0.2) is 41.9 Å². The Labute approximate surface area is 132 Å². The highest BCUT2D eigenvalue weighted by atomic mass is 35.5. The molecular formula is C15H15ClN4S. The molecule has 0 N–H and O–H groups in total. The Kier molecular flexibility index (Phi) is 4.31. The van der Waals surface area contributed by atoms with E-state index in [1.807, 2.05) is 31.3 Å². The molecule has 108 valence electrons. The fourth-order valence-corrected chi connectivity index (χ4v) is 2.92. The van der Waals surface area contributed by atoms with Gasteiger partial charge in [0.25, 0.3) is 0 Å². The van der Waals surface area contributed by atoms with Crippen molar-refractivity contribution in [1.82, 2.24) is 20.0 Å². The minimum Gasteiger partial charge on any atom is -0.246 e. The summed E-state index contributed by atoms with van der Waals surface area (Å²) in [5, 5.41) is 11.2. The maximum absolute atomic E-state index is 6.16. The normalized spacial score (nSPS) is 12.5. The first-order valence-corrected chi connectivity index (χ1v) is 8.11. The van der Waals surface area contributed by atoms with Crippen LogP contribution >= 0.6 is 22.9 Å². The molecule has 0 aliphatic heterocycles. The number of benzene rings is 1.